The predicted octanol–water partition coefficient (Wildman–Crippen LogP) is 1.30. The standard InChI is InChI=1S/C13H17FN2O2/c1-18-12-6-9(4-5-10(12)14)13(17)16-7-11(15)8-2-3-8/h4-6,8,11H,2-3,7,15H2,1H3,(H,16,17). The molecule has 98 valence electrons. The molecule has 3 N–H and O–H groups in total. The summed E-state index contributed by atoms with van der Waals surface area (Å²) >= 11 is 0. The van der Waals surface area contributed by atoms with Crippen molar-refractivity contribution in [2.75, 3.05) is 13.7 Å². The summed E-state index contributed by atoms with van der Waals surface area (Å²) in [5, 5.41) is 2.75. The minimum absolute atomic E-state index is 0.0105. The largest absolute Gasteiger partial charge is 0.494 e. The lowest BCUT2D eigenvalue weighted by molar-refractivity contribution is 0.0950. The van der Waals surface area contributed by atoms with E-state index in [1.165, 1.54) is 25.3 Å². The van der Waals surface area contributed by atoms with Crippen LogP contribution in [-0.4, -0.2) is 25.6 Å². The summed E-state index contributed by atoms with van der Waals surface area (Å²) in [6.07, 6.45) is 2.28. The molecule has 4 nitrogen and oxygen atoms in total. The van der Waals surface area contributed by atoms with Crippen LogP contribution >= 0.6 is 0 Å². The van der Waals surface area contributed by atoms with Crippen LogP contribution in [0.15, 0.2) is 18.2 Å². The molecular formula is C13H17FN2O2. The lowest BCUT2D eigenvalue weighted by Gasteiger charge is -2.12. The van der Waals surface area contributed by atoms with Gasteiger partial charge in [0.15, 0.2) is 11.6 Å². The molecule has 0 heterocycles. The number of methoxy groups -OCH3 is 1. The summed E-state index contributed by atoms with van der Waals surface area (Å²) in [6.45, 7) is 0.448. The predicted molar refractivity (Wildman–Crippen MR) is 66.0 cm³/mol. The third kappa shape index (κ3) is 2.98. The van der Waals surface area contributed by atoms with E-state index in [0.29, 0.717) is 18.0 Å². The molecule has 18 heavy (non-hydrogen) atoms. The number of nitrogens with two attached hydrogens (primary N) is 1. The van der Waals surface area contributed by atoms with E-state index in [1.807, 2.05) is 0 Å². The van der Waals surface area contributed by atoms with Gasteiger partial charge in [0.2, 0.25) is 0 Å². The van der Waals surface area contributed by atoms with Crippen LogP contribution in [0.5, 0.6) is 5.75 Å². The summed E-state index contributed by atoms with van der Waals surface area (Å²) in [5.74, 6) is -0.143. The van der Waals surface area contributed by atoms with Crippen molar-refractivity contribution in [3.8, 4) is 5.75 Å². The van der Waals surface area contributed by atoms with Crippen LogP contribution in [-0.2, 0) is 0 Å². The Morgan fingerprint density at radius 3 is 2.94 bits per heavy atom. The van der Waals surface area contributed by atoms with Crippen molar-refractivity contribution in [3.63, 3.8) is 0 Å². The van der Waals surface area contributed by atoms with Crippen LogP contribution in [0.4, 0.5) is 4.39 Å². The number of carbonyl (C=O) groups is 1. The fourth-order valence-electron chi connectivity index (χ4n) is 1.80. The molecule has 0 saturated heterocycles. The molecule has 0 spiro atoms. The van der Waals surface area contributed by atoms with Crippen LogP contribution < -0.4 is 15.8 Å². The van der Waals surface area contributed by atoms with E-state index in [9.17, 15) is 9.18 Å². The fraction of sp³-hybridized carbons (Fsp3) is 0.462. The van der Waals surface area contributed by atoms with Crippen molar-refractivity contribution < 1.29 is 13.9 Å². The fourth-order valence-corrected chi connectivity index (χ4v) is 1.80. The molecule has 1 aliphatic rings. The maximum atomic E-state index is 13.2. The van der Waals surface area contributed by atoms with Crippen molar-refractivity contribution in [1.82, 2.24) is 5.32 Å². The first-order chi connectivity index (χ1) is 8.61. The van der Waals surface area contributed by atoms with Gasteiger partial charge in [0.1, 0.15) is 0 Å². The summed E-state index contributed by atoms with van der Waals surface area (Å²) in [7, 11) is 1.36. The minimum Gasteiger partial charge on any atom is -0.494 e. The number of carbonyl (C=O) groups excluding carboxylic acids is 1. The number of amides is 1. The average Bonchev–Trinajstić information content (AvgIpc) is 3.20. The van der Waals surface area contributed by atoms with Gasteiger partial charge in [-0.3, -0.25) is 4.79 Å². The highest BCUT2D eigenvalue weighted by molar-refractivity contribution is 5.94. The van der Waals surface area contributed by atoms with E-state index < -0.39 is 5.82 Å². The Labute approximate surface area is 105 Å². The Balaban J connectivity index is 1.95. The van der Waals surface area contributed by atoms with Gasteiger partial charge in [-0.15, -0.1) is 0 Å². The molecule has 1 aliphatic carbocycles. The molecule has 0 radical (unpaired) electrons. The SMILES string of the molecule is COc1cc(C(=O)NCC(N)C2CC2)ccc1F. The third-order valence-corrected chi connectivity index (χ3v) is 3.14. The normalized spacial score (nSPS) is 16.2. The maximum Gasteiger partial charge on any atom is 0.251 e. The molecule has 2 rings (SSSR count). The summed E-state index contributed by atoms with van der Waals surface area (Å²) in [6, 6.07) is 4.04. The van der Waals surface area contributed by atoms with Gasteiger partial charge in [-0.1, -0.05) is 0 Å². The van der Waals surface area contributed by atoms with Crippen molar-refractivity contribution in [1.29, 1.82) is 0 Å². The second-order valence-electron chi connectivity index (χ2n) is 4.56. The number of halogens is 1. The molecule has 5 heteroatoms. The summed E-state index contributed by atoms with van der Waals surface area (Å²) < 4.78 is 18.0. The van der Waals surface area contributed by atoms with Gasteiger partial charge < -0.3 is 15.8 Å². The van der Waals surface area contributed by atoms with E-state index in [4.69, 9.17) is 10.5 Å². The number of ether oxygens (including phenoxy) is 1. The lowest BCUT2D eigenvalue weighted by Crippen LogP contribution is -2.38. The van der Waals surface area contributed by atoms with Gasteiger partial charge in [0.25, 0.3) is 5.91 Å². The van der Waals surface area contributed by atoms with Gasteiger partial charge in [0.05, 0.1) is 7.11 Å². The first-order valence-electron chi connectivity index (χ1n) is 5.99. The number of hydrogen-bond acceptors (Lipinski definition) is 3. The monoisotopic (exact) mass is 252 g/mol. The minimum atomic E-state index is -0.483. The van der Waals surface area contributed by atoms with Crippen LogP contribution in [0, 0.1) is 11.7 Å². The zero-order chi connectivity index (χ0) is 13.1. The average molecular weight is 252 g/mol. The Kier molecular flexibility index (Phi) is 3.81. The Hall–Kier alpha value is -1.62. The van der Waals surface area contributed by atoms with Crippen LogP contribution in [0.1, 0.15) is 23.2 Å². The quantitative estimate of drug-likeness (QED) is 0.830. The molecule has 0 bridgehead atoms. The smallest absolute Gasteiger partial charge is 0.251 e. The number of hydrogen-bond donors (Lipinski definition) is 2. The number of nitrogens with one attached hydrogen (secondary N) is 1. The van der Waals surface area contributed by atoms with E-state index in [0.717, 1.165) is 12.8 Å². The van der Waals surface area contributed by atoms with E-state index in [2.05, 4.69) is 5.32 Å². The van der Waals surface area contributed by atoms with Crippen LogP contribution in [0.25, 0.3) is 0 Å². The number of benzene rings is 1. The second kappa shape index (κ2) is 5.35. The molecule has 1 aromatic carbocycles. The van der Waals surface area contributed by atoms with Gasteiger partial charge in [0, 0.05) is 18.2 Å². The lowest BCUT2D eigenvalue weighted by atomic mass is 10.1. The van der Waals surface area contributed by atoms with E-state index in [-0.39, 0.29) is 17.7 Å². The molecule has 0 aliphatic heterocycles. The Morgan fingerprint density at radius 1 is 1.61 bits per heavy atom. The molecular weight excluding hydrogens is 235 g/mol. The van der Waals surface area contributed by atoms with E-state index >= 15 is 0 Å². The van der Waals surface area contributed by atoms with Crippen molar-refractivity contribution in [3.05, 3.63) is 29.6 Å². The molecule has 1 atom stereocenters. The summed E-state index contributed by atoms with van der Waals surface area (Å²) in [5.41, 5.74) is 6.26. The summed E-state index contributed by atoms with van der Waals surface area (Å²) in [4.78, 5) is 11.8. The maximum absolute atomic E-state index is 13.2. The zero-order valence-electron chi connectivity index (χ0n) is 10.3. The van der Waals surface area contributed by atoms with Gasteiger partial charge >= 0.3 is 0 Å². The van der Waals surface area contributed by atoms with Crippen LogP contribution in [0.2, 0.25) is 0 Å². The molecule has 1 saturated carbocycles. The van der Waals surface area contributed by atoms with Gasteiger partial charge in [-0.2, -0.15) is 0 Å². The van der Waals surface area contributed by atoms with Crippen molar-refractivity contribution in [2.24, 2.45) is 11.7 Å². The van der Waals surface area contributed by atoms with Crippen LogP contribution in [0.3, 0.4) is 0 Å². The molecule has 1 amide bonds. The van der Waals surface area contributed by atoms with Crippen molar-refractivity contribution >= 4 is 5.91 Å². The van der Waals surface area contributed by atoms with Crippen molar-refractivity contribution in [2.45, 2.75) is 18.9 Å². The molecule has 0 aromatic heterocycles. The topological polar surface area (TPSA) is 64.3 Å². The molecule has 1 fully saturated rings. The Morgan fingerprint density at radius 2 is 2.33 bits per heavy atom. The first kappa shape index (κ1) is 12.8. The van der Waals surface area contributed by atoms with Gasteiger partial charge in [-0.25, -0.2) is 4.39 Å². The third-order valence-electron chi connectivity index (χ3n) is 3.14. The first-order valence-corrected chi connectivity index (χ1v) is 5.99. The molecule has 1 aromatic rings. The van der Waals surface area contributed by atoms with Gasteiger partial charge in [-0.05, 0) is 37.0 Å². The number of rotatable bonds is 5. The van der Waals surface area contributed by atoms with E-state index in [1.54, 1.807) is 0 Å². The Bertz CT molecular complexity index is 447. The highest BCUT2D eigenvalue weighted by Crippen LogP contribution is 2.31. The second-order valence-corrected chi connectivity index (χ2v) is 4.56. The highest BCUT2D eigenvalue weighted by Gasteiger charge is 2.28. The zero-order valence-corrected chi connectivity index (χ0v) is 10.3. The molecule has 1 unspecified atom stereocenters. The highest BCUT2D eigenvalue weighted by atomic mass is 19.1.